The van der Waals surface area contributed by atoms with Gasteiger partial charge >= 0.3 is 0 Å². The van der Waals surface area contributed by atoms with Gasteiger partial charge in [-0.2, -0.15) is 0 Å². The summed E-state index contributed by atoms with van der Waals surface area (Å²) >= 11 is 6.11. The molecule has 30 heavy (non-hydrogen) atoms. The van der Waals surface area contributed by atoms with Gasteiger partial charge < -0.3 is 14.5 Å². The Hall–Kier alpha value is -2.57. The lowest BCUT2D eigenvalue weighted by atomic mass is 10.1. The van der Waals surface area contributed by atoms with E-state index in [0.717, 1.165) is 49.1 Å². The SMILES string of the molecule is CCCOc1ccc(N2C(=O)C[C@@H]([NH+]3CCN(c4cccc(Cl)c4)CC3)C2=O)cc1. The average Bonchev–Trinajstić information content (AvgIpc) is 3.07. The summed E-state index contributed by atoms with van der Waals surface area (Å²) in [4.78, 5) is 30.5. The van der Waals surface area contributed by atoms with Crippen molar-refractivity contribution in [2.75, 3.05) is 42.6 Å². The Morgan fingerprint density at radius 1 is 1.07 bits per heavy atom. The van der Waals surface area contributed by atoms with Gasteiger partial charge in [-0.1, -0.05) is 24.6 Å². The number of hydrogen-bond acceptors (Lipinski definition) is 4. The molecule has 0 spiro atoms. The van der Waals surface area contributed by atoms with E-state index < -0.39 is 0 Å². The van der Waals surface area contributed by atoms with Crippen molar-refractivity contribution in [1.29, 1.82) is 0 Å². The molecule has 1 atom stereocenters. The van der Waals surface area contributed by atoms with Crippen LogP contribution >= 0.6 is 11.6 Å². The minimum absolute atomic E-state index is 0.103. The fraction of sp³-hybridized carbons (Fsp3) is 0.391. The zero-order valence-corrected chi connectivity index (χ0v) is 17.9. The maximum Gasteiger partial charge on any atom is 0.292 e. The second kappa shape index (κ2) is 9.06. The molecular formula is C23H27ClN3O3+. The largest absolute Gasteiger partial charge is 0.494 e. The van der Waals surface area contributed by atoms with Crippen LogP contribution in [0, 0.1) is 0 Å². The van der Waals surface area contributed by atoms with Crippen molar-refractivity contribution in [3.05, 3.63) is 53.6 Å². The summed E-state index contributed by atoms with van der Waals surface area (Å²) in [5, 5.41) is 0.723. The molecule has 2 aromatic carbocycles. The van der Waals surface area contributed by atoms with E-state index in [0.29, 0.717) is 12.3 Å². The van der Waals surface area contributed by atoms with Crippen LogP contribution in [-0.2, 0) is 9.59 Å². The maximum absolute atomic E-state index is 13.1. The first kappa shape index (κ1) is 20.7. The van der Waals surface area contributed by atoms with Gasteiger partial charge in [0.1, 0.15) is 5.75 Å². The zero-order chi connectivity index (χ0) is 21.1. The van der Waals surface area contributed by atoms with Gasteiger partial charge in [-0.05, 0) is 48.9 Å². The number of rotatable bonds is 6. The van der Waals surface area contributed by atoms with Gasteiger partial charge in [0.15, 0.2) is 6.04 Å². The Morgan fingerprint density at radius 2 is 1.80 bits per heavy atom. The summed E-state index contributed by atoms with van der Waals surface area (Å²) in [6.07, 6.45) is 1.19. The topological polar surface area (TPSA) is 54.3 Å². The number of nitrogens with one attached hydrogen (secondary N) is 1. The van der Waals surface area contributed by atoms with Crippen LogP contribution in [0.1, 0.15) is 19.8 Å². The molecule has 2 aliphatic heterocycles. The van der Waals surface area contributed by atoms with Gasteiger partial charge in [0, 0.05) is 10.7 Å². The van der Waals surface area contributed by atoms with Gasteiger partial charge in [0.2, 0.25) is 5.91 Å². The first-order valence-electron chi connectivity index (χ1n) is 10.5. The molecule has 0 unspecified atom stereocenters. The number of ether oxygens (including phenoxy) is 1. The minimum Gasteiger partial charge on any atom is -0.494 e. The third kappa shape index (κ3) is 4.30. The van der Waals surface area contributed by atoms with Crippen molar-refractivity contribution in [2.24, 2.45) is 0 Å². The number of halogens is 1. The second-order valence-corrected chi connectivity index (χ2v) is 8.23. The van der Waals surface area contributed by atoms with E-state index in [2.05, 4.69) is 11.0 Å². The number of carbonyl (C=O) groups excluding carboxylic acids is 2. The van der Waals surface area contributed by atoms with Crippen molar-refractivity contribution in [2.45, 2.75) is 25.8 Å². The Kier molecular flexibility index (Phi) is 6.25. The van der Waals surface area contributed by atoms with Crippen LogP contribution < -0.4 is 19.4 Å². The molecule has 6 nitrogen and oxygen atoms in total. The third-order valence-corrected chi connectivity index (χ3v) is 6.02. The molecule has 2 aromatic rings. The number of imide groups is 1. The molecule has 2 aliphatic rings. The quantitative estimate of drug-likeness (QED) is 0.716. The van der Waals surface area contributed by atoms with E-state index in [1.165, 1.54) is 9.80 Å². The lowest BCUT2D eigenvalue weighted by molar-refractivity contribution is -0.915. The van der Waals surface area contributed by atoms with E-state index in [1.807, 2.05) is 37.3 Å². The van der Waals surface area contributed by atoms with E-state index >= 15 is 0 Å². The van der Waals surface area contributed by atoms with Crippen LogP contribution in [0.2, 0.25) is 5.02 Å². The molecule has 7 heteroatoms. The van der Waals surface area contributed by atoms with E-state index in [1.54, 1.807) is 12.1 Å². The number of hydrogen-bond donors (Lipinski definition) is 1. The lowest BCUT2D eigenvalue weighted by Gasteiger charge is -2.35. The molecule has 2 fully saturated rings. The van der Waals surface area contributed by atoms with Gasteiger partial charge in [-0.3, -0.25) is 9.59 Å². The number of nitrogens with zero attached hydrogens (tertiary/aromatic N) is 2. The normalized spacial score (nSPS) is 20.1. The number of anilines is 2. The number of piperazine rings is 1. The lowest BCUT2D eigenvalue weighted by Crippen LogP contribution is -3.19. The Morgan fingerprint density at radius 3 is 2.47 bits per heavy atom. The van der Waals surface area contributed by atoms with Crippen molar-refractivity contribution in [3.63, 3.8) is 0 Å². The molecular weight excluding hydrogens is 402 g/mol. The summed E-state index contributed by atoms with van der Waals surface area (Å²) < 4.78 is 5.59. The Bertz CT molecular complexity index is 910. The Labute approximate surface area is 182 Å². The standard InChI is InChI=1S/C23H26ClN3O3/c1-2-14-30-20-8-6-18(7-9-20)27-22(28)16-21(23(27)29)26-12-10-25(11-13-26)19-5-3-4-17(24)15-19/h3-9,15,21H,2,10-14,16H2,1H3/p+1/t21-/m1/s1. The van der Waals surface area contributed by atoms with E-state index in [4.69, 9.17) is 16.3 Å². The highest BCUT2D eigenvalue weighted by Crippen LogP contribution is 2.25. The molecule has 158 valence electrons. The first-order chi connectivity index (χ1) is 14.6. The average molecular weight is 429 g/mol. The molecule has 0 aromatic heterocycles. The molecule has 2 heterocycles. The highest BCUT2D eigenvalue weighted by molar-refractivity contribution is 6.30. The van der Waals surface area contributed by atoms with Gasteiger partial charge in [0.05, 0.1) is 44.9 Å². The first-order valence-corrected chi connectivity index (χ1v) is 10.9. The van der Waals surface area contributed by atoms with Crippen LogP contribution in [0.3, 0.4) is 0 Å². The predicted octanol–water partition coefficient (Wildman–Crippen LogP) is 2.17. The number of carbonyl (C=O) groups is 2. The molecule has 0 bridgehead atoms. The second-order valence-electron chi connectivity index (χ2n) is 7.79. The van der Waals surface area contributed by atoms with Gasteiger partial charge in [-0.15, -0.1) is 0 Å². The summed E-state index contributed by atoms with van der Waals surface area (Å²) in [5.41, 5.74) is 1.72. The number of amides is 2. The van der Waals surface area contributed by atoms with E-state index in [-0.39, 0.29) is 24.3 Å². The van der Waals surface area contributed by atoms with Gasteiger partial charge in [0.25, 0.3) is 5.91 Å². The predicted molar refractivity (Wildman–Crippen MR) is 117 cm³/mol. The van der Waals surface area contributed by atoms with Gasteiger partial charge in [-0.25, -0.2) is 4.90 Å². The molecule has 0 radical (unpaired) electrons. The molecule has 2 amide bonds. The van der Waals surface area contributed by atoms with Crippen molar-refractivity contribution in [3.8, 4) is 5.75 Å². The van der Waals surface area contributed by atoms with Crippen LogP contribution in [0.4, 0.5) is 11.4 Å². The zero-order valence-electron chi connectivity index (χ0n) is 17.1. The highest BCUT2D eigenvalue weighted by Gasteiger charge is 2.46. The molecule has 4 rings (SSSR count). The minimum atomic E-state index is -0.310. The van der Waals surface area contributed by atoms with Crippen molar-refractivity contribution < 1.29 is 19.2 Å². The van der Waals surface area contributed by atoms with Crippen LogP contribution in [-0.4, -0.2) is 50.6 Å². The molecule has 0 aliphatic carbocycles. The Balaban J connectivity index is 1.39. The van der Waals surface area contributed by atoms with Crippen LogP contribution in [0.15, 0.2) is 48.5 Å². The van der Waals surface area contributed by atoms with Crippen molar-refractivity contribution >= 4 is 34.8 Å². The number of quaternary nitrogens is 1. The smallest absolute Gasteiger partial charge is 0.292 e. The van der Waals surface area contributed by atoms with Crippen LogP contribution in [0.25, 0.3) is 0 Å². The fourth-order valence-corrected chi connectivity index (χ4v) is 4.39. The summed E-state index contributed by atoms with van der Waals surface area (Å²) in [6.45, 7) is 5.98. The summed E-state index contributed by atoms with van der Waals surface area (Å²) in [6, 6.07) is 14.7. The fourth-order valence-electron chi connectivity index (χ4n) is 4.21. The molecule has 0 saturated carbocycles. The summed E-state index contributed by atoms with van der Waals surface area (Å²) in [5.74, 6) is 0.518. The van der Waals surface area contributed by atoms with Crippen molar-refractivity contribution in [1.82, 2.24) is 0 Å². The highest BCUT2D eigenvalue weighted by atomic mass is 35.5. The third-order valence-electron chi connectivity index (χ3n) is 5.79. The van der Waals surface area contributed by atoms with Crippen LogP contribution in [0.5, 0.6) is 5.75 Å². The molecule has 2 saturated heterocycles. The number of benzene rings is 2. The monoisotopic (exact) mass is 428 g/mol. The summed E-state index contributed by atoms with van der Waals surface area (Å²) in [7, 11) is 0. The maximum atomic E-state index is 13.1. The van der Waals surface area contributed by atoms with E-state index in [9.17, 15) is 9.59 Å². The molecule has 1 N–H and O–H groups in total.